The number of nitrogens with two attached hydrogens (primary N) is 1. The van der Waals surface area contributed by atoms with Gasteiger partial charge in [0.15, 0.2) is 0 Å². The fourth-order valence-corrected chi connectivity index (χ4v) is 3.32. The monoisotopic (exact) mass is 275 g/mol. The number of nitrogens with zero attached hydrogens (tertiary/aromatic N) is 2. The van der Waals surface area contributed by atoms with E-state index < -0.39 is 0 Å². The van der Waals surface area contributed by atoms with Crippen molar-refractivity contribution in [1.82, 2.24) is 9.88 Å². The van der Waals surface area contributed by atoms with Gasteiger partial charge in [0.25, 0.3) is 0 Å². The van der Waals surface area contributed by atoms with E-state index in [0.717, 1.165) is 18.7 Å². The van der Waals surface area contributed by atoms with Crippen LogP contribution in [-0.4, -0.2) is 29.5 Å². The topological polar surface area (TPSA) is 42.1 Å². The molecule has 0 aliphatic carbocycles. The number of hydrogen-bond donors (Lipinski definition) is 1. The minimum Gasteiger partial charge on any atom is -0.326 e. The molecule has 19 heavy (non-hydrogen) atoms. The highest BCUT2D eigenvalue weighted by molar-refractivity contribution is 7.10. The Morgan fingerprint density at radius 1 is 1.32 bits per heavy atom. The molecule has 0 saturated heterocycles. The zero-order valence-corrected chi connectivity index (χ0v) is 12.3. The van der Waals surface area contributed by atoms with Crippen LogP contribution in [-0.2, 0) is 6.42 Å². The average molecular weight is 275 g/mol. The summed E-state index contributed by atoms with van der Waals surface area (Å²) in [6, 6.07) is 10.7. The molecule has 2 aromatic rings. The predicted octanol–water partition coefficient (Wildman–Crippen LogP) is 2.71. The van der Waals surface area contributed by atoms with E-state index in [1.54, 1.807) is 11.3 Å². The maximum absolute atomic E-state index is 6.15. The Kier molecular flexibility index (Phi) is 5.07. The Balaban J connectivity index is 1.99. The Bertz CT molecular complexity index is 467. The van der Waals surface area contributed by atoms with E-state index in [2.05, 4.69) is 47.4 Å². The summed E-state index contributed by atoms with van der Waals surface area (Å²) in [5.41, 5.74) is 7.28. The molecule has 2 heterocycles. The van der Waals surface area contributed by atoms with Crippen LogP contribution in [0.25, 0.3) is 0 Å². The third-order valence-corrected chi connectivity index (χ3v) is 4.20. The van der Waals surface area contributed by atoms with Gasteiger partial charge in [0, 0.05) is 35.8 Å². The second kappa shape index (κ2) is 6.80. The molecular weight excluding hydrogens is 254 g/mol. The summed E-state index contributed by atoms with van der Waals surface area (Å²) in [7, 11) is 2.14. The highest BCUT2D eigenvalue weighted by atomic mass is 32.1. The van der Waals surface area contributed by atoms with Crippen molar-refractivity contribution in [3.63, 3.8) is 0 Å². The molecule has 0 saturated carbocycles. The molecule has 0 amide bonds. The first-order chi connectivity index (χ1) is 9.18. The molecule has 0 aliphatic rings. The van der Waals surface area contributed by atoms with Gasteiger partial charge in [-0.3, -0.25) is 9.88 Å². The number of likely N-dealkylation sites (N-methyl/N-ethyl adjacent to an activating group) is 1. The van der Waals surface area contributed by atoms with Crippen LogP contribution in [0.1, 0.15) is 23.5 Å². The van der Waals surface area contributed by atoms with Gasteiger partial charge in [0.1, 0.15) is 0 Å². The summed E-state index contributed by atoms with van der Waals surface area (Å²) < 4.78 is 0. The van der Waals surface area contributed by atoms with E-state index >= 15 is 0 Å². The van der Waals surface area contributed by atoms with Gasteiger partial charge in [-0.05, 0) is 37.6 Å². The number of rotatable bonds is 6. The largest absolute Gasteiger partial charge is 0.326 e. The summed E-state index contributed by atoms with van der Waals surface area (Å²) in [6.45, 7) is 3.03. The fraction of sp³-hybridized carbons (Fsp3) is 0.400. The van der Waals surface area contributed by atoms with Crippen molar-refractivity contribution in [2.45, 2.75) is 25.4 Å². The molecule has 0 aliphatic heterocycles. The Morgan fingerprint density at radius 2 is 2.16 bits per heavy atom. The lowest BCUT2D eigenvalue weighted by Gasteiger charge is -2.30. The van der Waals surface area contributed by atoms with Crippen molar-refractivity contribution in [3.8, 4) is 0 Å². The van der Waals surface area contributed by atoms with Crippen molar-refractivity contribution in [2.75, 3.05) is 13.6 Å². The Hall–Kier alpha value is -1.23. The first-order valence-corrected chi connectivity index (χ1v) is 7.45. The van der Waals surface area contributed by atoms with Crippen molar-refractivity contribution in [1.29, 1.82) is 0 Å². The standard InChI is InChI=1S/C15H21N3S/c1-12(16)15(14-7-5-11-19-14)18(2)10-8-13-6-3-4-9-17-13/h3-7,9,11-12,15H,8,10,16H2,1-2H3. The zero-order valence-electron chi connectivity index (χ0n) is 11.5. The van der Waals surface area contributed by atoms with Gasteiger partial charge in [-0.15, -0.1) is 11.3 Å². The van der Waals surface area contributed by atoms with E-state index in [4.69, 9.17) is 5.73 Å². The lowest BCUT2D eigenvalue weighted by Crippen LogP contribution is -2.37. The van der Waals surface area contributed by atoms with Gasteiger partial charge in [-0.25, -0.2) is 0 Å². The maximum Gasteiger partial charge on any atom is 0.0588 e. The van der Waals surface area contributed by atoms with Crippen LogP contribution in [0, 0.1) is 0 Å². The minimum atomic E-state index is 0.118. The summed E-state index contributed by atoms with van der Waals surface area (Å²) in [5.74, 6) is 0. The van der Waals surface area contributed by atoms with Crippen LogP contribution in [0.5, 0.6) is 0 Å². The van der Waals surface area contributed by atoms with E-state index in [-0.39, 0.29) is 12.1 Å². The van der Waals surface area contributed by atoms with Crippen LogP contribution in [0.3, 0.4) is 0 Å². The summed E-state index contributed by atoms with van der Waals surface area (Å²) >= 11 is 1.77. The summed E-state index contributed by atoms with van der Waals surface area (Å²) in [6.07, 6.45) is 2.80. The molecule has 3 nitrogen and oxygen atoms in total. The predicted molar refractivity (Wildman–Crippen MR) is 81.3 cm³/mol. The van der Waals surface area contributed by atoms with Gasteiger partial charge < -0.3 is 5.73 Å². The average Bonchev–Trinajstić information content (AvgIpc) is 2.91. The van der Waals surface area contributed by atoms with E-state index in [9.17, 15) is 0 Å². The number of pyridine rings is 1. The Morgan fingerprint density at radius 3 is 2.74 bits per heavy atom. The fourth-order valence-electron chi connectivity index (χ4n) is 2.31. The van der Waals surface area contributed by atoms with Crippen molar-refractivity contribution in [2.24, 2.45) is 5.73 Å². The molecule has 2 N–H and O–H groups in total. The smallest absolute Gasteiger partial charge is 0.0588 e. The molecule has 2 rings (SSSR count). The van der Waals surface area contributed by atoms with Crippen LogP contribution in [0.4, 0.5) is 0 Å². The Labute approximate surface area is 119 Å². The molecule has 2 aromatic heterocycles. The molecular formula is C15H21N3S. The number of aromatic nitrogens is 1. The lowest BCUT2D eigenvalue weighted by molar-refractivity contribution is 0.224. The molecule has 2 atom stereocenters. The molecule has 2 unspecified atom stereocenters. The molecule has 0 aromatic carbocycles. The van der Waals surface area contributed by atoms with Gasteiger partial charge in [0.05, 0.1) is 6.04 Å². The number of thiophene rings is 1. The maximum atomic E-state index is 6.15. The molecule has 102 valence electrons. The third kappa shape index (κ3) is 3.86. The van der Waals surface area contributed by atoms with Crippen LogP contribution >= 0.6 is 11.3 Å². The molecule has 0 bridgehead atoms. The van der Waals surface area contributed by atoms with E-state index in [1.165, 1.54) is 4.88 Å². The van der Waals surface area contributed by atoms with Gasteiger partial charge in [-0.2, -0.15) is 0 Å². The first kappa shape index (κ1) is 14.2. The summed E-state index contributed by atoms with van der Waals surface area (Å²) in [4.78, 5) is 8.02. The van der Waals surface area contributed by atoms with Gasteiger partial charge in [-0.1, -0.05) is 12.1 Å². The lowest BCUT2D eigenvalue weighted by atomic mass is 10.1. The molecule has 0 fully saturated rings. The molecule has 4 heteroatoms. The second-order valence-corrected chi connectivity index (χ2v) is 5.85. The number of hydrogen-bond acceptors (Lipinski definition) is 4. The minimum absolute atomic E-state index is 0.118. The van der Waals surface area contributed by atoms with E-state index in [0.29, 0.717) is 0 Å². The highest BCUT2D eigenvalue weighted by Gasteiger charge is 2.21. The SMILES string of the molecule is CC(N)C(c1cccs1)N(C)CCc1ccccn1. The van der Waals surface area contributed by atoms with Gasteiger partial charge in [0.2, 0.25) is 0 Å². The second-order valence-electron chi connectivity index (χ2n) is 4.87. The van der Waals surface area contributed by atoms with Crippen LogP contribution in [0.15, 0.2) is 41.9 Å². The van der Waals surface area contributed by atoms with Crippen LogP contribution < -0.4 is 5.73 Å². The zero-order chi connectivity index (χ0) is 13.7. The van der Waals surface area contributed by atoms with Gasteiger partial charge >= 0.3 is 0 Å². The normalized spacial score (nSPS) is 14.5. The van der Waals surface area contributed by atoms with Crippen molar-refractivity contribution in [3.05, 3.63) is 52.5 Å². The van der Waals surface area contributed by atoms with Crippen molar-refractivity contribution < 1.29 is 0 Å². The summed E-state index contributed by atoms with van der Waals surface area (Å²) in [5, 5.41) is 2.11. The highest BCUT2D eigenvalue weighted by Crippen LogP contribution is 2.26. The quantitative estimate of drug-likeness (QED) is 0.881. The molecule has 0 radical (unpaired) electrons. The van der Waals surface area contributed by atoms with Crippen molar-refractivity contribution >= 4 is 11.3 Å². The first-order valence-electron chi connectivity index (χ1n) is 6.57. The third-order valence-electron chi connectivity index (χ3n) is 3.25. The van der Waals surface area contributed by atoms with E-state index in [1.807, 2.05) is 18.3 Å². The molecule has 0 spiro atoms. The van der Waals surface area contributed by atoms with Crippen LogP contribution in [0.2, 0.25) is 0 Å².